The number of fused-ring (bicyclic) bond motifs is 1. The maximum atomic E-state index is 5.39. The molecule has 1 aliphatic carbocycles. The molecule has 0 heterocycles. The fraction of sp³-hybridized carbons (Fsp3) is 0.600. The van der Waals surface area contributed by atoms with E-state index in [0.717, 1.165) is 13.1 Å². The Hall–Kier alpha value is -0.860. The summed E-state index contributed by atoms with van der Waals surface area (Å²) in [7, 11) is 1.76. The number of hydrogen-bond acceptors (Lipinski definition) is 2. The van der Waals surface area contributed by atoms with Crippen molar-refractivity contribution in [3.05, 3.63) is 34.9 Å². The van der Waals surface area contributed by atoms with Gasteiger partial charge in [-0.2, -0.15) is 0 Å². The Morgan fingerprint density at radius 2 is 2.00 bits per heavy atom. The van der Waals surface area contributed by atoms with Gasteiger partial charge in [-0.25, -0.2) is 0 Å². The van der Waals surface area contributed by atoms with Gasteiger partial charge >= 0.3 is 0 Å². The summed E-state index contributed by atoms with van der Waals surface area (Å²) in [6, 6.07) is 6.90. The summed E-state index contributed by atoms with van der Waals surface area (Å²) in [6.07, 6.45) is 3.84. The van der Waals surface area contributed by atoms with Gasteiger partial charge in [0, 0.05) is 20.2 Å². The third kappa shape index (κ3) is 3.30. The number of aryl methyl sites for hydroxylation is 2. The maximum Gasteiger partial charge on any atom is 0.0746 e. The molecule has 1 aromatic carbocycles. The zero-order valence-electron chi connectivity index (χ0n) is 11.2. The lowest BCUT2D eigenvalue weighted by Crippen LogP contribution is -2.36. The molecule has 0 aliphatic heterocycles. The molecule has 0 saturated carbocycles. The van der Waals surface area contributed by atoms with Gasteiger partial charge in [-0.05, 0) is 49.8 Å². The van der Waals surface area contributed by atoms with E-state index in [9.17, 15) is 0 Å². The van der Waals surface area contributed by atoms with Crippen LogP contribution >= 0.6 is 0 Å². The van der Waals surface area contributed by atoms with Crippen LogP contribution in [0.3, 0.4) is 0 Å². The van der Waals surface area contributed by atoms with Gasteiger partial charge in [0.1, 0.15) is 0 Å². The van der Waals surface area contributed by atoms with Crippen molar-refractivity contribution in [2.45, 2.75) is 45.3 Å². The summed E-state index contributed by atoms with van der Waals surface area (Å²) in [5, 5.41) is 3.46. The van der Waals surface area contributed by atoms with Gasteiger partial charge in [0.15, 0.2) is 0 Å². The predicted octanol–water partition coefficient (Wildman–Crippen LogP) is 2.69. The monoisotopic (exact) mass is 233 g/mol. The van der Waals surface area contributed by atoms with E-state index in [1.165, 1.54) is 24.8 Å². The summed E-state index contributed by atoms with van der Waals surface area (Å²) < 4.78 is 5.39. The lowest BCUT2D eigenvalue weighted by atomic mass is 10.1. The van der Waals surface area contributed by atoms with Crippen molar-refractivity contribution in [1.82, 2.24) is 5.32 Å². The zero-order valence-corrected chi connectivity index (χ0v) is 11.2. The van der Waals surface area contributed by atoms with E-state index in [1.54, 1.807) is 18.2 Å². The van der Waals surface area contributed by atoms with Gasteiger partial charge in [0.25, 0.3) is 0 Å². The van der Waals surface area contributed by atoms with E-state index in [0.29, 0.717) is 0 Å². The van der Waals surface area contributed by atoms with Crippen LogP contribution in [-0.2, 0) is 24.1 Å². The van der Waals surface area contributed by atoms with Gasteiger partial charge < -0.3 is 10.1 Å². The standard InChI is InChI=1S/C15H23NO/c1-15(2,17-3)11-16-10-12-7-8-13-5-4-6-14(13)9-12/h7-9,16H,4-6,10-11H2,1-3H3. The van der Waals surface area contributed by atoms with Crippen molar-refractivity contribution in [2.75, 3.05) is 13.7 Å². The molecule has 0 saturated heterocycles. The Bertz CT molecular complexity index is 385. The number of benzene rings is 1. The van der Waals surface area contributed by atoms with Gasteiger partial charge in [-0.1, -0.05) is 18.2 Å². The molecule has 1 aliphatic rings. The molecule has 0 fully saturated rings. The number of rotatable bonds is 5. The highest BCUT2D eigenvalue weighted by Gasteiger charge is 2.15. The number of ether oxygens (including phenoxy) is 1. The summed E-state index contributed by atoms with van der Waals surface area (Å²) in [4.78, 5) is 0. The van der Waals surface area contributed by atoms with Gasteiger partial charge in [-0.15, -0.1) is 0 Å². The molecule has 17 heavy (non-hydrogen) atoms. The summed E-state index contributed by atoms with van der Waals surface area (Å²) in [6.45, 7) is 6.01. The van der Waals surface area contributed by atoms with E-state index >= 15 is 0 Å². The van der Waals surface area contributed by atoms with E-state index in [1.807, 2.05) is 0 Å². The van der Waals surface area contributed by atoms with Gasteiger partial charge in [0.05, 0.1) is 5.60 Å². The SMILES string of the molecule is COC(C)(C)CNCc1ccc2c(c1)CCC2. The van der Waals surface area contributed by atoms with Gasteiger partial charge in [0.2, 0.25) is 0 Å². The molecular formula is C15H23NO. The van der Waals surface area contributed by atoms with Crippen LogP contribution in [0.15, 0.2) is 18.2 Å². The first kappa shape index (κ1) is 12.6. The molecule has 0 unspecified atom stereocenters. The van der Waals surface area contributed by atoms with E-state index in [4.69, 9.17) is 4.74 Å². The van der Waals surface area contributed by atoms with Crippen molar-refractivity contribution in [1.29, 1.82) is 0 Å². The molecule has 2 rings (SSSR count). The largest absolute Gasteiger partial charge is 0.377 e. The van der Waals surface area contributed by atoms with Crippen LogP contribution < -0.4 is 5.32 Å². The van der Waals surface area contributed by atoms with Gasteiger partial charge in [-0.3, -0.25) is 0 Å². The van der Waals surface area contributed by atoms with Crippen molar-refractivity contribution in [3.8, 4) is 0 Å². The number of methoxy groups -OCH3 is 1. The minimum absolute atomic E-state index is 0.0866. The molecule has 94 valence electrons. The van der Waals surface area contributed by atoms with E-state index in [-0.39, 0.29) is 5.60 Å². The number of nitrogens with one attached hydrogen (secondary N) is 1. The molecule has 0 radical (unpaired) electrons. The van der Waals surface area contributed by atoms with E-state index < -0.39 is 0 Å². The van der Waals surface area contributed by atoms with Crippen LogP contribution in [0.1, 0.15) is 37.0 Å². The molecule has 2 nitrogen and oxygen atoms in total. The maximum absolute atomic E-state index is 5.39. The van der Waals surface area contributed by atoms with Crippen LogP contribution in [0.5, 0.6) is 0 Å². The fourth-order valence-electron chi connectivity index (χ4n) is 2.32. The van der Waals surface area contributed by atoms with Crippen LogP contribution in [-0.4, -0.2) is 19.3 Å². The summed E-state index contributed by atoms with van der Waals surface area (Å²) in [5.41, 5.74) is 4.40. The van der Waals surface area contributed by atoms with Crippen molar-refractivity contribution >= 4 is 0 Å². The highest BCUT2D eigenvalue weighted by Crippen LogP contribution is 2.22. The molecule has 0 atom stereocenters. The molecule has 0 aromatic heterocycles. The summed E-state index contributed by atoms with van der Waals surface area (Å²) in [5.74, 6) is 0. The fourth-order valence-corrected chi connectivity index (χ4v) is 2.32. The average Bonchev–Trinajstić information content (AvgIpc) is 2.76. The minimum atomic E-state index is -0.0866. The molecule has 2 heteroatoms. The lowest BCUT2D eigenvalue weighted by Gasteiger charge is -2.23. The third-order valence-electron chi connectivity index (χ3n) is 3.60. The molecule has 0 spiro atoms. The minimum Gasteiger partial charge on any atom is -0.377 e. The Labute approximate surface area is 104 Å². The van der Waals surface area contributed by atoms with Crippen LogP contribution in [0, 0.1) is 0 Å². The predicted molar refractivity (Wildman–Crippen MR) is 71.3 cm³/mol. The smallest absolute Gasteiger partial charge is 0.0746 e. The first-order valence-corrected chi connectivity index (χ1v) is 6.47. The van der Waals surface area contributed by atoms with E-state index in [2.05, 4.69) is 37.4 Å². The Balaban J connectivity index is 1.88. The van der Waals surface area contributed by atoms with Crippen molar-refractivity contribution in [2.24, 2.45) is 0 Å². The first-order chi connectivity index (χ1) is 8.11. The third-order valence-corrected chi connectivity index (χ3v) is 3.60. The Morgan fingerprint density at radius 1 is 1.24 bits per heavy atom. The zero-order chi connectivity index (χ0) is 12.3. The Kier molecular flexibility index (Phi) is 3.85. The molecule has 0 bridgehead atoms. The normalized spacial score (nSPS) is 15.0. The van der Waals surface area contributed by atoms with Crippen LogP contribution in [0.4, 0.5) is 0 Å². The van der Waals surface area contributed by atoms with Crippen molar-refractivity contribution < 1.29 is 4.74 Å². The Morgan fingerprint density at radius 3 is 2.76 bits per heavy atom. The molecular weight excluding hydrogens is 210 g/mol. The highest BCUT2D eigenvalue weighted by atomic mass is 16.5. The second kappa shape index (κ2) is 5.19. The average molecular weight is 233 g/mol. The molecule has 1 aromatic rings. The molecule has 0 amide bonds. The lowest BCUT2D eigenvalue weighted by molar-refractivity contribution is 0.0230. The molecule has 1 N–H and O–H groups in total. The van der Waals surface area contributed by atoms with Crippen LogP contribution in [0.2, 0.25) is 0 Å². The topological polar surface area (TPSA) is 21.3 Å². The first-order valence-electron chi connectivity index (χ1n) is 6.47. The van der Waals surface area contributed by atoms with Crippen molar-refractivity contribution in [3.63, 3.8) is 0 Å². The highest BCUT2D eigenvalue weighted by molar-refractivity contribution is 5.35. The number of hydrogen-bond donors (Lipinski definition) is 1. The van der Waals surface area contributed by atoms with Crippen LogP contribution in [0.25, 0.3) is 0 Å². The summed E-state index contributed by atoms with van der Waals surface area (Å²) >= 11 is 0. The quantitative estimate of drug-likeness (QED) is 0.844. The second-order valence-corrected chi connectivity index (χ2v) is 5.52. The second-order valence-electron chi connectivity index (χ2n) is 5.52.